The fourth-order valence-electron chi connectivity index (χ4n) is 4.89. The molecule has 3 aromatic heterocycles. The van der Waals surface area contributed by atoms with Crippen molar-refractivity contribution in [2.24, 2.45) is 24.8 Å². The lowest BCUT2D eigenvalue weighted by Crippen LogP contribution is -2.33. The van der Waals surface area contributed by atoms with Gasteiger partial charge in [-0.2, -0.15) is 10.1 Å². The second-order valence-corrected chi connectivity index (χ2v) is 9.30. The van der Waals surface area contributed by atoms with Crippen molar-refractivity contribution in [1.29, 1.82) is 0 Å². The molecule has 0 aliphatic heterocycles. The molecule has 7 nitrogen and oxygen atoms in total. The molecule has 0 radical (unpaired) electrons. The van der Waals surface area contributed by atoms with Crippen LogP contribution in [0.3, 0.4) is 0 Å². The Balaban J connectivity index is 1.42. The van der Waals surface area contributed by atoms with E-state index in [1.165, 1.54) is 4.88 Å². The van der Waals surface area contributed by atoms with Crippen LogP contribution < -0.4 is 5.32 Å². The van der Waals surface area contributed by atoms with E-state index >= 15 is 0 Å². The van der Waals surface area contributed by atoms with Crippen LogP contribution in [-0.2, 0) is 11.8 Å². The Kier molecular flexibility index (Phi) is 4.12. The number of hydrogen-bond donors (Lipinski definition) is 1. The first kappa shape index (κ1) is 17.6. The van der Waals surface area contributed by atoms with E-state index in [4.69, 9.17) is 9.51 Å². The van der Waals surface area contributed by atoms with Gasteiger partial charge in [-0.05, 0) is 57.1 Å². The first-order valence-electron chi connectivity index (χ1n) is 9.71. The molecule has 3 heterocycles. The molecule has 8 heteroatoms. The zero-order valence-electron chi connectivity index (χ0n) is 16.2. The van der Waals surface area contributed by atoms with Crippen molar-refractivity contribution in [1.82, 2.24) is 19.9 Å². The standard InChI is InChI=1S/C20H23N5O2S/c1-10-4-7-15(28-10)18-23-20(27-24-18)17-13-6-5-12(8-13)16(17)19(26)22-14-9-21-25(3)11(14)2/h4,7,9,12-13,16-17H,5-6,8H2,1-3H3,(H,22,26)/t12-,13+,16-,17-/m0/s1. The highest BCUT2D eigenvalue weighted by Gasteiger charge is 2.53. The molecule has 0 spiro atoms. The lowest BCUT2D eigenvalue weighted by molar-refractivity contribution is -0.122. The summed E-state index contributed by atoms with van der Waals surface area (Å²) in [5, 5.41) is 11.5. The number of carbonyl (C=O) groups excluding carboxylic acids is 1. The molecule has 2 aliphatic carbocycles. The highest BCUT2D eigenvalue weighted by atomic mass is 32.1. The van der Waals surface area contributed by atoms with Crippen molar-refractivity contribution < 1.29 is 9.32 Å². The van der Waals surface area contributed by atoms with Crippen LogP contribution in [0, 0.1) is 31.6 Å². The molecule has 2 saturated carbocycles. The van der Waals surface area contributed by atoms with Crippen molar-refractivity contribution in [3.05, 3.63) is 34.8 Å². The number of aromatic nitrogens is 4. The van der Waals surface area contributed by atoms with Gasteiger partial charge in [0.1, 0.15) is 0 Å². The van der Waals surface area contributed by atoms with E-state index < -0.39 is 0 Å². The molecule has 2 aliphatic rings. The number of fused-ring (bicyclic) bond motifs is 2. The van der Waals surface area contributed by atoms with Gasteiger partial charge in [0.2, 0.25) is 17.6 Å². The number of hydrogen-bond acceptors (Lipinski definition) is 6. The van der Waals surface area contributed by atoms with Crippen molar-refractivity contribution in [3.8, 4) is 10.7 Å². The Labute approximate surface area is 167 Å². The molecule has 0 aromatic carbocycles. The SMILES string of the molecule is Cc1ccc(-c2noc([C@H]3[C@@H]4CC[C@@H](C4)[C@@H]3C(=O)Nc3cnn(C)c3C)n2)s1. The molecular weight excluding hydrogens is 374 g/mol. The topological polar surface area (TPSA) is 85.8 Å². The van der Waals surface area contributed by atoms with Gasteiger partial charge < -0.3 is 9.84 Å². The minimum absolute atomic E-state index is 0.00182. The summed E-state index contributed by atoms with van der Waals surface area (Å²) < 4.78 is 7.44. The first-order chi connectivity index (χ1) is 13.5. The number of anilines is 1. The van der Waals surface area contributed by atoms with Gasteiger partial charge in [-0.3, -0.25) is 9.48 Å². The monoisotopic (exact) mass is 397 g/mol. The molecule has 1 N–H and O–H groups in total. The van der Waals surface area contributed by atoms with E-state index in [1.807, 2.05) is 20.0 Å². The predicted octanol–water partition coefficient (Wildman–Crippen LogP) is 3.92. The van der Waals surface area contributed by atoms with E-state index in [1.54, 1.807) is 22.2 Å². The summed E-state index contributed by atoms with van der Waals surface area (Å²) in [7, 11) is 1.87. The van der Waals surface area contributed by atoms with E-state index in [2.05, 4.69) is 28.6 Å². The van der Waals surface area contributed by atoms with Gasteiger partial charge in [0.15, 0.2) is 0 Å². The molecule has 4 atom stereocenters. The average molecular weight is 398 g/mol. The number of nitrogens with zero attached hydrogens (tertiary/aromatic N) is 4. The third-order valence-corrected chi connectivity index (χ3v) is 7.40. The van der Waals surface area contributed by atoms with E-state index in [-0.39, 0.29) is 17.7 Å². The third-order valence-electron chi connectivity index (χ3n) is 6.40. The van der Waals surface area contributed by atoms with Crippen LogP contribution in [0.25, 0.3) is 10.7 Å². The summed E-state index contributed by atoms with van der Waals surface area (Å²) in [6, 6.07) is 4.07. The molecule has 28 heavy (non-hydrogen) atoms. The first-order valence-corrected chi connectivity index (χ1v) is 10.5. The molecular formula is C20H23N5O2S. The van der Waals surface area contributed by atoms with Crippen LogP contribution >= 0.6 is 11.3 Å². The summed E-state index contributed by atoms with van der Waals surface area (Å²) in [6.45, 7) is 4.01. The van der Waals surface area contributed by atoms with Crippen molar-refractivity contribution >= 4 is 22.9 Å². The summed E-state index contributed by atoms with van der Waals surface area (Å²) in [5.41, 5.74) is 1.72. The number of aryl methyl sites for hydroxylation is 2. The molecule has 0 saturated heterocycles. The van der Waals surface area contributed by atoms with E-state index in [9.17, 15) is 4.79 Å². The molecule has 146 valence electrons. The van der Waals surface area contributed by atoms with Crippen molar-refractivity contribution in [2.75, 3.05) is 5.32 Å². The Bertz CT molecular complexity index is 1040. The Hall–Kier alpha value is -2.48. The molecule has 2 fully saturated rings. The van der Waals surface area contributed by atoms with Crippen LogP contribution in [0.5, 0.6) is 0 Å². The summed E-state index contributed by atoms with van der Waals surface area (Å²) in [6.07, 6.45) is 4.99. The smallest absolute Gasteiger partial charge is 0.231 e. The quantitative estimate of drug-likeness (QED) is 0.721. The third kappa shape index (κ3) is 2.78. The zero-order chi connectivity index (χ0) is 19.4. The summed E-state index contributed by atoms with van der Waals surface area (Å²) in [4.78, 5) is 20.1. The maximum absolute atomic E-state index is 13.2. The van der Waals surface area contributed by atoms with Gasteiger partial charge in [0.25, 0.3) is 0 Å². The second-order valence-electron chi connectivity index (χ2n) is 8.01. The zero-order valence-corrected chi connectivity index (χ0v) is 17.0. The highest BCUT2D eigenvalue weighted by Crippen LogP contribution is 2.56. The van der Waals surface area contributed by atoms with Gasteiger partial charge in [-0.1, -0.05) is 5.16 Å². The van der Waals surface area contributed by atoms with Gasteiger partial charge in [-0.25, -0.2) is 0 Å². The molecule has 3 aromatic rings. The van der Waals surface area contributed by atoms with Crippen LogP contribution in [0.2, 0.25) is 0 Å². The minimum Gasteiger partial charge on any atom is -0.339 e. The lowest BCUT2D eigenvalue weighted by Gasteiger charge is -2.27. The van der Waals surface area contributed by atoms with E-state index in [0.717, 1.165) is 35.5 Å². The van der Waals surface area contributed by atoms with Gasteiger partial charge in [0.05, 0.1) is 34.3 Å². The van der Waals surface area contributed by atoms with Crippen LogP contribution in [-0.4, -0.2) is 25.8 Å². The Morgan fingerprint density at radius 2 is 2.11 bits per heavy atom. The number of amides is 1. The number of thiophene rings is 1. The average Bonchev–Trinajstić information content (AvgIpc) is 3.47. The Morgan fingerprint density at radius 1 is 1.29 bits per heavy atom. The Morgan fingerprint density at radius 3 is 2.82 bits per heavy atom. The van der Waals surface area contributed by atoms with Gasteiger partial charge >= 0.3 is 0 Å². The number of carbonyl (C=O) groups is 1. The number of rotatable bonds is 4. The van der Waals surface area contributed by atoms with E-state index in [0.29, 0.717) is 23.6 Å². The molecule has 0 unspecified atom stereocenters. The summed E-state index contributed by atoms with van der Waals surface area (Å²) in [5.74, 6) is 1.96. The molecule has 5 rings (SSSR count). The number of nitrogens with one attached hydrogen (secondary N) is 1. The maximum Gasteiger partial charge on any atom is 0.231 e. The van der Waals surface area contributed by atoms with Crippen LogP contribution in [0.4, 0.5) is 5.69 Å². The summed E-state index contributed by atoms with van der Waals surface area (Å²) >= 11 is 1.65. The van der Waals surface area contributed by atoms with Gasteiger partial charge in [0, 0.05) is 11.9 Å². The minimum atomic E-state index is -0.128. The highest BCUT2D eigenvalue weighted by molar-refractivity contribution is 7.15. The molecule has 1 amide bonds. The van der Waals surface area contributed by atoms with Gasteiger partial charge in [-0.15, -0.1) is 11.3 Å². The fraction of sp³-hybridized carbons (Fsp3) is 0.500. The van der Waals surface area contributed by atoms with Crippen LogP contribution in [0.15, 0.2) is 22.9 Å². The normalized spacial score (nSPS) is 26.1. The van der Waals surface area contributed by atoms with Crippen molar-refractivity contribution in [2.45, 2.75) is 39.0 Å². The second kappa shape index (κ2) is 6.55. The fourth-order valence-corrected chi connectivity index (χ4v) is 5.68. The maximum atomic E-state index is 13.2. The lowest BCUT2D eigenvalue weighted by atomic mass is 9.78. The van der Waals surface area contributed by atoms with Crippen molar-refractivity contribution in [3.63, 3.8) is 0 Å². The molecule has 2 bridgehead atoms. The van der Waals surface area contributed by atoms with Crippen LogP contribution in [0.1, 0.15) is 41.6 Å². The largest absolute Gasteiger partial charge is 0.339 e. The predicted molar refractivity (Wildman–Crippen MR) is 106 cm³/mol.